The van der Waals surface area contributed by atoms with Crippen LogP contribution in [0.1, 0.15) is 21.5 Å². The summed E-state index contributed by atoms with van der Waals surface area (Å²) in [5.41, 5.74) is 13.2. The number of hydrogen-bond acceptors (Lipinski definition) is 2. The van der Waals surface area contributed by atoms with Crippen molar-refractivity contribution in [2.75, 3.05) is 0 Å². The first-order chi connectivity index (χ1) is 13.5. The van der Waals surface area contributed by atoms with Crippen LogP contribution in [0.15, 0.2) is 78.9 Å². The maximum atomic E-state index is 11.4. The zero-order chi connectivity index (χ0) is 19.7. The summed E-state index contributed by atoms with van der Waals surface area (Å²) in [5.74, 6) is -0.431. The minimum atomic E-state index is -0.431. The lowest BCUT2D eigenvalue weighted by Crippen LogP contribution is -2.10. The maximum Gasteiger partial charge on any atom is 0.248 e. The molecule has 1 heterocycles. The number of nitrogens with two attached hydrogens (primary N) is 1. The molecule has 1 amide bonds. The van der Waals surface area contributed by atoms with E-state index in [-0.39, 0.29) is 0 Å². The summed E-state index contributed by atoms with van der Waals surface area (Å²) in [7, 11) is 0. The molecule has 0 spiro atoms. The molecular formula is C24H21N3O. The van der Waals surface area contributed by atoms with E-state index in [9.17, 15) is 4.79 Å². The summed E-state index contributed by atoms with van der Waals surface area (Å²) in [6.45, 7) is 4.20. The van der Waals surface area contributed by atoms with Gasteiger partial charge in [-0.2, -0.15) is 5.10 Å². The fourth-order valence-electron chi connectivity index (χ4n) is 3.29. The lowest BCUT2D eigenvalue weighted by molar-refractivity contribution is 0.100. The number of amides is 1. The van der Waals surface area contributed by atoms with E-state index in [1.807, 2.05) is 41.1 Å². The minimum absolute atomic E-state index is 0.431. The Bertz CT molecular complexity index is 1140. The molecule has 4 nitrogen and oxygen atoms in total. The Labute approximate surface area is 164 Å². The number of carbonyl (C=O) groups is 1. The second-order valence-electron chi connectivity index (χ2n) is 6.85. The molecule has 0 radical (unpaired) electrons. The van der Waals surface area contributed by atoms with Crippen LogP contribution in [0.25, 0.3) is 28.2 Å². The Balaban J connectivity index is 1.92. The van der Waals surface area contributed by atoms with Gasteiger partial charge in [-0.3, -0.25) is 4.79 Å². The van der Waals surface area contributed by atoms with Gasteiger partial charge in [0.15, 0.2) is 0 Å². The molecule has 0 atom stereocenters. The third-order valence-corrected chi connectivity index (χ3v) is 5.05. The highest BCUT2D eigenvalue weighted by Gasteiger charge is 2.15. The van der Waals surface area contributed by atoms with E-state index in [4.69, 9.17) is 10.8 Å². The first-order valence-electron chi connectivity index (χ1n) is 9.17. The molecule has 0 bridgehead atoms. The Hall–Kier alpha value is -3.66. The molecule has 0 aliphatic carbocycles. The normalized spacial score (nSPS) is 10.8. The van der Waals surface area contributed by atoms with Crippen LogP contribution in [0.3, 0.4) is 0 Å². The molecule has 4 heteroatoms. The van der Waals surface area contributed by atoms with Crippen molar-refractivity contribution < 1.29 is 4.79 Å². The molecule has 4 rings (SSSR count). The monoisotopic (exact) mass is 367 g/mol. The van der Waals surface area contributed by atoms with E-state index in [0.717, 1.165) is 28.2 Å². The number of aryl methyl sites for hydroxylation is 1. The number of carbonyl (C=O) groups excluding carboxylic acids is 1. The Kier molecular flexibility index (Phi) is 4.53. The molecule has 3 aromatic carbocycles. The molecule has 138 valence electrons. The molecular weight excluding hydrogens is 346 g/mol. The lowest BCUT2D eigenvalue weighted by Gasteiger charge is -2.12. The van der Waals surface area contributed by atoms with Crippen LogP contribution in [0.4, 0.5) is 0 Å². The van der Waals surface area contributed by atoms with Gasteiger partial charge in [0.05, 0.1) is 17.1 Å². The number of aromatic nitrogens is 2. The van der Waals surface area contributed by atoms with E-state index in [1.54, 1.807) is 12.1 Å². The van der Waals surface area contributed by atoms with Crippen LogP contribution in [0, 0.1) is 13.8 Å². The molecule has 0 unspecified atom stereocenters. The zero-order valence-electron chi connectivity index (χ0n) is 15.9. The molecule has 4 aromatic rings. The minimum Gasteiger partial charge on any atom is -0.366 e. The smallest absolute Gasteiger partial charge is 0.248 e. The van der Waals surface area contributed by atoms with E-state index >= 15 is 0 Å². The van der Waals surface area contributed by atoms with Crippen molar-refractivity contribution in [1.82, 2.24) is 9.78 Å². The van der Waals surface area contributed by atoms with Crippen molar-refractivity contribution in [3.63, 3.8) is 0 Å². The van der Waals surface area contributed by atoms with Crippen LogP contribution >= 0.6 is 0 Å². The first kappa shape index (κ1) is 17.7. The molecule has 0 aliphatic rings. The highest BCUT2D eigenvalue weighted by atomic mass is 16.1. The van der Waals surface area contributed by atoms with Gasteiger partial charge >= 0.3 is 0 Å². The van der Waals surface area contributed by atoms with Crippen molar-refractivity contribution in [3.8, 4) is 28.2 Å². The average molecular weight is 367 g/mol. The van der Waals surface area contributed by atoms with E-state index in [2.05, 4.69) is 44.2 Å². The van der Waals surface area contributed by atoms with Crippen molar-refractivity contribution >= 4 is 5.91 Å². The number of primary amides is 1. The maximum absolute atomic E-state index is 11.4. The van der Waals surface area contributed by atoms with Gasteiger partial charge in [-0.15, -0.1) is 0 Å². The predicted octanol–water partition coefficient (Wildman–Crippen LogP) is 4.92. The second kappa shape index (κ2) is 7.16. The quantitative estimate of drug-likeness (QED) is 0.556. The average Bonchev–Trinajstić information content (AvgIpc) is 3.16. The standard InChI is InChI=1S/C24H21N3O/c1-16-7-6-10-22(17(16)2)27-23(19-11-13-20(14-12-19)24(25)28)15-21(26-27)18-8-4-3-5-9-18/h3-15H,1-2H3,(H2,25,28). The van der Waals surface area contributed by atoms with Crippen molar-refractivity contribution in [1.29, 1.82) is 0 Å². The zero-order valence-corrected chi connectivity index (χ0v) is 15.9. The topological polar surface area (TPSA) is 60.9 Å². The Morgan fingerprint density at radius 3 is 2.25 bits per heavy atom. The highest BCUT2D eigenvalue weighted by molar-refractivity contribution is 5.93. The largest absolute Gasteiger partial charge is 0.366 e. The molecule has 0 saturated heterocycles. The second-order valence-corrected chi connectivity index (χ2v) is 6.85. The SMILES string of the molecule is Cc1cccc(-n2nc(-c3ccccc3)cc2-c2ccc(C(N)=O)cc2)c1C. The highest BCUT2D eigenvalue weighted by Crippen LogP contribution is 2.30. The molecule has 1 aromatic heterocycles. The van der Waals surface area contributed by atoms with Crippen LogP contribution in [-0.2, 0) is 0 Å². The van der Waals surface area contributed by atoms with Crippen LogP contribution < -0.4 is 5.73 Å². The molecule has 0 saturated carbocycles. The summed E-state index contributed by atoms with van der Waals surface area (Å²) in [4.78, 5) is 11.4. The number of benzene rings is 3. The van der Waals surface area contributed by atoms with Gasteiger partial charge in [0.1, 0.15) is 0 Å². The summed E-state index contributed by atoms with van der Waals surface area (Å²) in [6.07, 6.45) is 0. The fourth-order valence-corrected chi connectivity index (χ4v) is 3.29. The number of hydrogen-bond donors (Lipinski definition) is 1. The van der Waals surface area contributed by atoms with Crippen molar-refractivity contribution in [2.45, 2.75) is 13.8 Å². The van der Waals surface area contributed by atoms with Crippen LogP contribution in [0.2, 0.25) is 0 Å². The Morgan fingerprint density at radius 1 is 0.857 bits per heavy atom. The van der Waals surface area contributed by atoms with Gasteiger partial charge in [-0.25, -0.2) is 4.68 Å². The first-order valence-corrected chi connectivity index (χ1v) is 9.17. The van der Waals surface area contributed by atoms with Crippen LogP contribution in [-0.4, -0.2) is 15.7 Å². The summed E-state index contributed by atoms with van der Waals surface area (Å²) >= 11 is 0. The van der Waals surface area contributed by atoms with Gasteiger partial charge in [0.2, 0.25) is 5.91 Å². The molecule has 28 heavy (non-hydrogen) atoms. The van der Waals surface area contributed by atoms with E-state index < -0.39 is 5.91 Å². The third-order valence-electron chi connectivity index (χ3n) is 5.05. The van der Waals surface area contributed by atoms with E-state index in [0.29, 0.717) is 5.56 Å². The van der Waals surface area contributed by atoms with Gasteiger partial charge in [-0.05, 0) is 49.2 Å². The molecule has 0 aliphatic heterocycles. The molecule has 2 N–H and O–H groups in total. The van der Waals surface area contributed by atoms with Gasteiger partial charge in [-0.1, -0.05) is 54.6 Å². The lowest BCUT2D eigenvalue weighted by atomic mass is 10.1. The van der Waals surface area contributed by atoms with Crippen molar-refractivity contribution in [3.05, 3.63) is 95.6 Å². The van der Waals surface area contributed by atoms with Gasteiger partial charge in [0, 0.05) is 16.7 Å². The van der Waals surface area contributed by atoms with Crippen LogP contribution in [0.5, 0.6) is 0 Å². The summed E-state index contributed by atoms with van der Waals surface area (Å²) < 4.78 is 1.98. The third kappa shape index (κ3) is 3.21. The van der Waals surface area contributed by atoms with E-state index in [1.165, 1.54) is 11.1 Å². The molecule has 0 fully saturated rings. The summed E-state index contributed by atoms with van der Waals surface area (Å²) in [5, 5.41) is 4.91. The predicted molar refractivity (Wildman–Crippen MR) is 112 cm³/mol. The summed E-state index contributed by atoms with van der Waals surface area (Å²) in [6, 6.07) is 25.7. The number of rotatable bonds is 4. The Morgan fingerprint density at radius 2 is 1.57 bits per heavy atom. The van der Waals surface area contributed by atoms with Gasteiger partial charge < -0.3 is 5.73 Å². The van der Waals surface area contributed by atoms with Gasteiger partial charge in [0.25, 0.3) is 0 Å². The fraction of sp³-hybridized carbons (Fsp3) is 0.0833. The van der Waals surface area contributed by atoms with Crippen molar-refractivity contribution in [2.24, 2.45) is 5.73 Å². The number of nitrogens with zero attached hydrogens (tertiary/aromatic N) is 2.